The second-order valence-corrected chi connectivity index (χ2v) is 9.60. The van der Waals surface area contributed by atoms with Crippen molar-refractivity contribution in [2.24, 2.45) is 17.8 Å². The molecule has 2 fully saturated rings. The Morgan fingerprint density at radius 2 is 1.83 bits per heavy atom. The zero-order valence-corrected chi connectivity index (χ0v) is 18.5. The summed E-state index contributed by atoms with van der Waals surface area (Å²) in [6, 6.07) is 5.81. The lowest BCUT2D eigenvalue weighted by Crippen LogP contribution is -2.39. The normalized spacial score (nSPS) is 23.8. The summed E-state index contributed by atoms with van der Waals surface area (Å²) in [6.45, 7) is 12.6. The van der Waals surface area contributed by atoms with Crippen LogP contribution < -0.4 is 5.32 Å². The monoisotopic (exact) mass is 410 g/mol. The van der Waals surface area contributed by atoms with Gasteiger partial charge < -0.3 is 15.0 Å². The number of para-hydroxylation sites is 1. The van der Waals surface area contributed by atoms with Crippen molar-refractivity contribution in [3.8, 4) is 0 Å². The number of nitrogens with zero attached hydrogens (tertiary/aromatic N) is 3. The molecule has 1 aromatic carbocycles. The van der Waals surface area contributed by atoms with Crippen molar-refractivity contribution >= 4 is 22.9 Å². The van der Waals surface area contributed by atoms with Crippen molar-refractivity contribution in [1.29, 1.82) is 0 Å². The Morgan fingerprint density at radius 1 is 1.17 bits per heavy atom. The molecule has 1 unspecified atom stereocenters. The smallest absolute Gasteiger partial charge is 0.410 e. The third-order valence-electron chi connectivity index (χ3n) is 5.99. The van der Waals surface area contributed by atoms with E-state index in [1.54, 1.807) is 4.90 Å². The van der Waals surface area contributed by atoms with Gasteiger partial charge in [0, 0.05) is 24.4 Å². The average molecular weight is 411 g/mol. The van der Waals surface area contributed by atoms with Crippen molar-refractivity contribution in [2.45, 2.75) is 53.2 Å². The molecule has 2 aromatic rings. The first-order valence-corrected chi connectivity index (χ1v) is 10.6. The number of ether oxygens (including phenoxy) is 1. The largest absolute Gasteiger partial charge is 0.444 e. The Morgan fingerprint density at radius 3 is 2.47 bits per heavy atom. The summed E-state index contributed by atoms with van der Waals surface area (Å²) in [7, 11) is 0. The summed E-state index contributed by atoms with van der Waals surface area (Å²) >= 11 is 0. The number of nitrogens with one attached hydrogen (secondary N) is 1. The maximum atomic E-state index is 12.9. The van der Waals surface area contributed by atoms with E-state index in [2.05, 4.69) is 15.3 Å². The molecular weight excluding hydrogens is 380 g/mol. The van der Waals surface area contributed by atoms with Gasteiger partial charge >= 0.3 is 6.09 Å². The highest BCUT2D eigenvalue weighted by atomic mass is 16.6. The molecule has 2 heterocycles. The number of hydrogen-bond acceptors (Lipinski definition) is 5. The van der Waals surface area contributed by atoms with Gasteiger partial charge in [-0.15, -0.1) is 0 Å². The van der Waals surface area contributed by atoms with Crippen LogP contribution in [-0.2, 0) is 9.53 Å². The number of amides is 2. The Kier molecular flexibility index (Phi) is 4.95. The molecule has 2 amide bonds. The molecule has 7 heteroatoms. The van der Waals surface area contributed by atoms with Gasteiger partial charge in [0.25, 0.3) is 0 Å². The van der Waals surface area contributed by atoms with Crippen molar-refractivity contribution in [3.05, 3.63) is 35.3 Å². The lowest BCUT2D eigenvalue weighted by atomic mass is 10.1. The van der Waals surface area contributed by atoms with Crippen LogP contribution in [0.5, 0.6) is 0 Å². The van der Waals surface area contributed by atoms with E-state index in [9.17, 15) is 9.59 Å². The first-order valence-electron chi connectivity index (χ1n) is 10.6. The Labute approximate surface area is 177 Å². The van der Waals surface area contributed by atoms with Crippen molar-refractivity contribution < 1.29 is 14.3 Å². The van der Waals surface area contributed by atoms with Crippen molar-refractivity contribution in [3.63, 3.8) is 0 Å². The minimum absolute atomic E-state index is 0.0397. The van der Waals surface area contributed by atoms with Crippen LogP contribution in [0.25, 0.3) is 10.9 Å². The molecule has 1 N–H and O–H groups in total. The number of likely N-dealkylation sites (tertiary alicyclic amines) is 1. The van der Waals surface area contributed by atoms with Crippen LogP contribution in [0.1, 0.15) is 50.8 Å². The highest BCUT2D eigenvalue weighted by Gasteiger charge is 2.60. The lowest BCUT2D eigenvalue weighted by molar-refractivity contribution is -0.124. The van der Waals surface area contributed by atoms with Gasteiger partial charge in [0.2, 0.25) is 5.91 Å². The Balaban J connectivity index is 1.41. The van der Waals surface area contributed by atoms with Crippen LogP contribution in [0.4, 0.5) is 4.79 Å². The highest BCUT2D eigenvalue weighted by molar-refractivity contribution is 5.86. The van der Waals surface area contributed by atoms with E-state index >= 15 is 0 Å². The molecule has 1 saturated heterocycles. The molecule has 2 aliphatic rings. The molecule has 7 nitrogen and oxygen atoms in total. The van der Waals surface area contributed by atoms with Gasteiger partial charge in [-0.2, -0.15) is 0 Å². The molecule has 160 valence electrons. The topological polar surface area (TPSA) is 84.4 Å². The van der Waals surface area contributed by atoms with Crippen LogP contribution in [0.15, 0.2) is 18.2 Å². The SMILES string of the molecule is Cc1nc(C(C)NC(=O)[C@H]2[C@@H]3CN(C(=O)OC(C)(C)C)C[C@@H]32)c2cccc(C)c2n1. The number of piperidine rings is 1. The molecule has 1 saturated carbocycles. The molecular formula is C23H30N4O3. The van der Waals surface area contributed by atoms with Crippen LogP contribution in [-0.4, -0.2) is 45.6 Å². The zero-order chi connectivity index (χ0) is 21.8. The van der Waals surface area contributed by atoms with Crippen LogP contribution in [0.3, 0.4) is 0 Å². The first kappa shape index (κ1) is 20.6. The fourth-order valence-electron chi connectivity index (χ4n) is 4.53. The van der Waals surface area contributed by atoms with E-state index in [1.807, 2.05) is 59.7 Å². The predicted octanol–water partition coefficient (Wildman–Crippen LogP) is 3.54. The minimum Gasteiger partial charge on any atom is -0.444 e. The van der Waals surface area contributed by atoms with Crippen LogP contribution in [0.2, 0.25) is 0 Å². The number of carbonyl (C=O) groups excluding carboxylic acids is 2. The summed E-state index contributed by atoms with van der Waals surface area (Å²) in [5.74, 6) is 1.14. The number of rotatable bonds is 3. The fourth-order valence-corrected chi connectivity index (χ4v) is 4.53. The quantitative estimate of drug-likeness (QED) is 0.837. The van der Waals surface area contributed by atoms with Gasteiger partial charge in [0.05, 0.1) is 17.3 Å². The zero-order valence-electron chi connectivity index (χ0n) is 18.5. The summed E-state index contributed by atoms with van der Waals surface area (Å²) in [4.78, 5) is 36.1. The van der Waals surface area contributed by atoms with Gasteiger partial charge in [-0.1, -0.05) is 18.2 Å². The molecule has 0 spiro atoms. The van der Waals surface area contributed by atoms with E-state index in [4.69, 9.17) is 4.74 Å². The van der Waals surface area contributed by atoms with Gasteiger partial charge in [-0.05, 0) is 58.9 Å². The third kappa shape index (κ3) is 3.85. The molecule has 1 aliphatic heterocycles. The van der Waals surface area contributed by atoms with Crippen LogP contribution >= 0.6 is 0 Å². The molecule has 4 rings (SSSR count). The maximum Gasteiger partial charge on any atom is 0.410 e. The van der Waals surface area contributed by atoms with E-state index in [0.29, 0.717) is 18.9 Å². The fraction of sp³-hybridized carbons (Fsp3) is 0.565. The number of aromatic nitrogens is 2. The molecule has 0 radical (unpaired) electrons. The second-order valence-electron chi connectivity index (χ2n) is 9.60. The van der Waals surface area contributed by atoms with Gasteiger partial charge in [0.15, 0.2) is 0 Å². The summed E-state index contributed by atoms with van der Waals surface area (Å²) < 4.78 is 5.44. The minimum atomic E-state index is -0.507. The lowest BCUT2D eigenvalue weighted by Gasteiger charge is -2.26. The number of fused-ring (bicyclic) bond motifs is 2. The average Bonchev–Trinajstić information content (AvgIpc) is 3.14. The third-order valence-corrected chi connectivity index (χ3v) is 5.99. The van der Waals surface area contributed by atoms with E-state index in [1.165, 1.54) is 0 Å². The predicted molar refractivity (Wildman–Crippen MR) is 114 cm³/mol. The number of carbonyl (C=O) groups is 2. The van der Waals surface area contributed by atoms with E-state index < -0.39 is 5.60 Å². The van der Waals surface area contributed by atoms with Gasteiger partial charge in [0.1, 0.15) is 11.4 Å². The molecule has 30 heavy (non-hydrogen) atoms. The number of hydrogen-bond donors (Lipinski definition) is 1. The molecule has 0 bridgehead atoms. The number of aryl methyl sites for hydroxylation is 2. The molecule has 1 aliphatic carbocycles. The number of benzene rings is 1. The summed E-state index contributed by atoms with van der Waals surface area (Å²) in [6.07, 6.45) is -0.291. The standard InChI is InChI=1S/C23H30N4O3/c1-12-8-7-9-15-19(12)25-14(3)26-20(15)13(2)24-21(28)18-16-10-27(11-17(16)18)22(29)30-23(4,5)6/h7-9,13,16-18H,10-11H2,1-6H3,(H,24,28)/t13?,16-,17+,18+. The maximum absolute atomic E-state index is 12.9. The van der Waals surface area contributed by atoms with Gasteiger partial charge in [-0.3, -0.25) is 4.79 Å². The Bertz CT molecular complexity index is 1000. The Hall–Kier alpha value is -2.70. The molecule has 1 aromatic heterocycles. The van der Waals surface area contributed by atoms with Crippen molar-refractivity contribution in [1.82, 2.24) is 20.2 Å². The highest BCUT2D eigenvalue weighted by Crippen LogP contribution is 2.52. The second kappa shape index (κ2) is 7.22. The summed E-state index contributed by atoms with van der Waals surface area (Å²) in [5.41, 5.74) is 2.36. The van der Waals surface area contributed by atoms with E-state index in [0.717, 1.165) is 22.2 Å². The molecule has 4 atom stereocenters. The van der Waals surface area contributed by atoms with Gasteiger partial charge in [-0.25, -0.2) is 14.8 Å². The van der Waals surface area contributed by atoms with E-state index in [-0.39, 0.29) is 35.8 Å². The van der Waals surface area contributed by atoms with Crippen molar-refractivity contribution in [2.75, 3.05) is 13.1 Å². The van der Waals surface area contributed by atoms with Crippen LogP contribution in [0, 0.1) is 31.6 Å². The summed E-state index contributed by atoms with van der Waals surface area (Å²) in [5, 5.41) is 4.12. The first-order chi connectivity index (χ1) is 14.0.